The molecule has 2 nitrogen and oxygen atoms in total. The Morgan fingerprint density at radius 2 is 1.12 bits per heavy atom. The number of carbonyl (C=O) groups is 1. The molecule has 0 aliphatic heterocycles. The molecule has 0 radical (unpaired) electrons. The molecule has 0 unspecified atom stereocenters. The van der Waals surface area contributed by atoms with Crippen LogP contribution in [0.15, 0.2) is 12.1 Å². The molecule has 0 aromatic heterocycles. The number of hydrogen-bond acceptors (Lipinski definition) is 2. The Hall–Kier alpha value is -2.98. The fourth-order valence-electron chi connectivity index (χ4n) is 1.85. The molecule has 0 aliphatic rings. The van der Waals surface area contributed by atoms with Gasteiger partial charge in [-0.2, -0.15) is 0 Å². The summed E-state index contributed by atoms with van der Waals surface area (Å²) in [5, 5.41) is 9.49. The summed E-state index contributed by atoms with van der Waals surface area (Å²) in [5.41, 5.74) is -3.44. The molecule has 1 N–H and O–H groups in total. The van der Waals surface area contributed by atoms with Gasteiger partial charge in [-0.15, -0.1) is 0 Å². The van der Waals surface area contributed by atoms with E-state index < -0.39 is 75.0 Å². The van der Waals surface area contributed by atoms with Gasteiger partial charge in [0.15, 0.2) is 52.3 Å². The molecule has 2 aromatic rings. The van der Waals surface area contributed by atoms with E-state index in [-0.39, 0.29) is 12.1 Å². The average Bonchev–Trinajstić information content (AvgIpc) is 2.59. The average molecular weight is 386 g/mol. The summed E-state index contributed by atoms with van der Waals surface area (Å²) in [6.07, 6.45) is -0.256. The van der Waals surface area contributed by atoms with Crippen molar-refractivity contribution < 1.29 is 49.4 Å². The summed E-state index contributed by atoms with van der Waals surface area (Å²) in [6, 6.07) is -0.0919. The second-order valence-corrected chi connectivity index (χ2v) is 4.69. The molecule has 138 valence electrons. The third-order valence-corrected chi connectivity index (χ3v) is 3.10. The van der Waals surface area contributed by atoms with Crippen LogP contribution in [0.1, 0.15) is 15.9 Å². The van der Waals surface area contributed by atoms with Gasteiger partial charge in [0.05, 0.1) is 11.1 Å². The molecule has 2 rings (SSSR count). The molecule has 0 fully saturated rings. The molecule has 0 amide bonds. The van der Waals surface area contributed by atoms with Gasteiger partial charge in [-0.3, -0.25) is 4.79 Å². The van der Waals surface area contributed by atoms with Crippen molar-refractivity contribution in [2.75, 3.05) is 0 Å². The Labute approximate surface area is 137 Å². The van der Waals surface area contributed by atoms with Gasteiger partial charge in [0.1, 0.15) is 5.76 Å². The maximum absolute atomic E-state index is 13.5. The number of benzene rings is 2. The zero-order chi connectivity index (χ0) is 19.9. The second kappa shape index (κ2) is 6.73. The van der Waals surface area contributed by atoms with E-state index in [1.807, 2.05) is 0 Å². The van der Waals surface area contributed by atoms with E-state index in [1.54, 1.807) is 0 Å². The zero-order valence-corrected chi connectivity index (χ0v) is 11.9. The normalized spacial score (nSPS) is 11.8. The number of halogens is 9. The molecule has 2 aromatic carbocycles. The van der Waals surface area contributed by atoms with Crippen LogP contribution < -0.4 is 0 Å². The first kappa shape index (κ1) is 19.3. The molecule has 0 atom stereocenters. The minimum Gasteiger partial charge on any atom is -0.507 e. The van der Waals surface area contributed by atoms with Crippen LogP contribution in [0.4, 0.5) is 39.5 Å². The monoisotopic (exact) mass is 386 g/mol. The van der Waals surface area contributed by atoms with Crippen LogP contribution in [0.3, 0.4) is 0 Å². The minimum absolute atomic E-state index is 0.0919. The Morgan fingerprint density at radius 1 is 0.692 bits per heavy atom. The fraction of sp³-hybridized carbons (Fsp3) is 0. The predicted molar refractivity (Wildman–Crippen MR) is 67.4 cm³/mol. The Balaban J connectivity index is 2.61. The van der Waals surface area contributed by atoms with Crippen molar-refractivity contribution in [1.29, 1.82) is 0 Å². The highest BCUT2D eigenvalue weighted by molar-refractivity contribution is 6.08. The summed E-state index contributed by atoms with van der Waals surface area (Å²) >= 11 is 0. The predicted octanol–water partition coefficient (Wildman–Crippen LogP) is 4.72. The van der Waals surface area contributed by atoms with Gasteiger partial charge < -0.3 is 5.11 Å². The largest absolute Gasteiger partial charge is 0.507 e. The van der Waals surface area contributed by atoms with E-state index in [0.29, 0.717) is 0 Å². The molecule has 0 aliphatic carbocycles. The van der Waals surface area contributed by atoms with E-state index in [9.17, 15) is 49.4 Å². The van der Waals surface area contributed by atoms with Crippen molar-refractivity contribution in [3.8, 4) is 0 Å². The number of aliphatic hydroxyl groups excluding tert-OH is 1. The number of hydrogen-bond donors (Lipinski definition) is 1. The summed E-state index contributed by atoms with van der Waals surface area (Å²) < 4.78 is 118. The Bertz CT molecular complexity index is 938. The molecule has 0 saturated heterocycles. The highest BCUT2D eigenvalue weighted by Crippen LogP contribution is 2.26. The summed E-state index contributed by atoms with van der Waals surface area (Å²) in [4.78, 5) is 11.7. The van der Waals surface area contributed by atoms with Crippen LogP contribution in [0.25, 0.3) is 5.76 Å². The maximum atomic E-state index is 13.5. The first-order valence-electron chi connectivity index (χ1n) is 6.28. The second-order valence-electron chi connectivity index (χ2n) is 4.69. The lowest BCUT2D eigenvalue weighted by atomic mass is 10.0. The van der Waals surface area contributed by atoms with Crippen LogP contribution in [0.2, 0.25) is 0 Å². The first-order valence-corrected chi connectivity index (χ1v) is 6.28. The first-order chi connectivity index (χ1) is 12.0. The third-order valence-electron chi connectivity index (χ3n) is 3.10. The van der Waals surface area contributed by atoms with Gasteiger partial charge in [0, 0.05) is 6.08 Å². The SMILES string of the molecule is O=C(C=C(O)c1cc(F)c(F)c(F)c1F)c1c(F)c(F)c(F)c(F)c1F. The van der Waals surface area contributed by atoms with Crippen LogP contribution in [0, 0.1) is 52.4 Å². The molecular weight excluding hydrogens is 383 g/mol. The van der Waals surface area contributed by atoms with Crippen molar-refractivity contribution in [3.63, 3.8) is 0 Å². The van der Waals surface area contributed by atoms with E-state index in [2.05, 4.69) is 0 Å². The molecule has 0 heterocycles. The Kier molecular flexibility index (Phi) is 5.01. The topological polar surface area (TPSA) is 37.3 Å². The third kappa shape index (κ3) is 3.00. The van der Waals surface area contributed by atoms with Crippen molar-refractivity contribution in [1.82, 2.24) is 0 Å². The van der Waals surface area contributed by atoms with Gasteiger partial charge in [-0.25, -0.2) is 39.5 Å². The number of rotatable bonds is 3. The van der Waals surface area contributed by atoms with Crippen molar-refractivity contribution >= 4 is 11.5 Å². The molecule has 0 spiro atoms. The van der Waals surface area contributed by atoms with Crippen molar-refractivity contribution in [2.45, 2.75) is 0 Å². The number of aliphatic hydroxyl groups is 1. The molecule has 0 saturated carbocycles. The van der Waals surface area contributed by atoms with Gasteiger partial charge in [0.2, 0.25) is 5.82 Å². The van der Waals surface area contributed by atoms with Crippen LogP contribution in [-0.2, 0) is 0 Å². The zero-order valence-electron chi connectivity index (χ0n) is 11.9. The van der Waals surface area contributed by atoms with Gasteiger partial charge in [0.25, 0.3) is 0 Å². The number of allylic oxidation sites excluding steroid dienone is 1. The quantitative estimate of drug-likeness (QED) is 0.207. The van der Waals surface area contributed by atoms with E-state index >= 15 is 0 Å². The van der Waals surface area contributed by atoms with Crippen molar-refractivity contribution in [3.05, 3.63) is 75.6 Å². The van der Waals surface area contributed by atoms with E-state index in [4.69, 9.17) is 0 Å². The van der Waals surface area contributed by atoms with Crippen LogP contribution in [0.5, 0.6) is 0 Å². The number of ketones is 1. The maximum Gasteiger partial charge on any atom is 0.200 e. The molecule has 0 bridgehead atoms. The standard InChI is InChI=1S/C15H3F9O2/c16-4-1-3(8(17)12(21)9(4)18)5(25)2-6(26)7-10(19)13(22)15(24)14(23)11(7)20/h1-2,25H. The summed E-state index contributed by atoms with van der Waals surface area (Å²) in [5.74, 6) is -25.1. The Morgan fingerprint density at radius 3 is 1.62 bits per heavy atom. The van der Waals surface area contributed by atoms with Gasteiger partial charge >= 0.3 is 0 Å². The summed E-state index contributed by atoms with van der Waals surface area (Å²) in [6.45, 7) is 0. The lowest BCUT2D eigenvalue weighted by Gasteiger charge is -2.07. The highest BCUT2D eigenvalue weighted by atomic mass is 19.2. The van der Waals surface area contributed by atoms with Crippen LogP contribution >= 0.6 is 0 Å². The van der Waals surface area contributed by atoms with Gasteiger partial charge in [-0.05, 0) is 6.07 Å². The number of carbonyl (C=O) groups excluding carboxylic acids is 1. The van der Waals surface area contributed by atoms with Gasteiger partial charge in [-0.1, -0.05) is 0 Å². The highest BCUT2D eigenvalue weighted by Gasteiger charge is 2.29. The lowest BCUT2D eigenvalue weighted by Crippen LogP contribution is -2.12. The smallest absolute Gasteiger partial charge is 0.200 e. The minimum atomic E-state index is -2.56. The van der Waals surface area contributed by atoms with Crippen LogP contribution in [-0.4, -0.2) is 10.9 Å². The molecule has 26 heavy (non-hydrogen) atoms. The summed E-state index contributed by atoms with van der Waals surface area (Å²) in [7, 11) is 0. The van der Waals surface area contributed by atoms with Crippen molar-refractivity contribution in [2.24, 2.45) is 0 Å². The van der Waals surface area contributed by atoms with E-state index in [0.717, 1.165) is 0 Å². The molecular formula is C15H3F9O2. The lowest BCUT2D eigenvalue weighted by molar-refractivity contribution is 0.103. The fourth-order valence-corrected chi connectivity index (χ4v) is 1.85. The molecule has 11 heteroatoms. The van der Waals surface area contributed by atoms with E-state index in [1.165, 1.54) is 0 Å².